The minimum Gasteiger partial charge on any atom is -0.366 e. The number of hydrogen-bond acceptors (Lipinski definition) is 5. The standard InChI is InChI=1S/C15H9ClN6O/c16-10-3-9(6-19-11(10)4-17)12-7-21-15-14(22-12)8(5-20-15)1-2-13(18)23/h1-3,5-7H,(H2,18,23)(H,20,21)/b2-1+. The molecule has 0 aliphatic carbocycles. The Morgan fingerprint density at radius 1 is 1.39 bits per heavy atom. The first kappa shape index (κ1) is 14.7. The van der Waals surface area contributed by atoms with Gasteiger partial charge in [0, 0.05) is 29.6 Å². The highest BCUT2D eigenvalue weighted by Gasteiger charge is 2.10. The molecule has 3 aromatic rings. The average Bonchev–Trinajstić information content (AvgIpc) is 2.95. The number of nitrogens with one attached hydrogen (secondary N) is 1. The van der Waals surface area contributed by atoms with Gasteiger partial charge < -0.3 is 10.7 Å². The molecule has 8 heteroatoms. The molecule has 1 amide bonds. The van der Waals surface area contributed by atoms with Crippen molar-refractivity contribution in [3.05, 3.63) is 47.0 Å². The van der Waals surface area contributed by atoms with Crippen molar-refractivity contribution in [3.8, 4) is 17.3 Å². The van der Waals surface area contributed by atoms with Crippen LogP contribution in [0.25, 0.3) is 28.5 Å². The van der Waals surface area contributed by atoms with Crippen LogP contribution < -0.4 is 5.73 Å². The number of nitrogens with two attached hydrogens (primary N) is 1. The molecule has 0 fully saturated rings. The Bertz CT molecular complexity index is 985. The number of aromatic amines is 1. The number of nitriles is 1. The topological polar surface area (TPSA) is 121 Å². The van der Waals surface area contributed by atoms with Gasteiger partial charge in [-0.1, -0.05) is 11.6 Å². The van der Waals surface area contributed by atoms with E-state index in [9.17, 15) is 4.79 Å². The van der Waals surface area contributed by atoms with Gasteiger partial charge in [-0.2, -0.15) is 5.26 Å². The lowest BCUT2D eigenvalue weighted by Gasteiger charge is -2.02. The molecule has 23 heavy (non-hydrogen) atoms. The molecule has 0 aliphatic rings. The molecule has 0 bridgehead atoms. The smallest absolute Gasteiger partial charge is 0.241 e. The third-order valence-electron chi connectivity index (χ3n) is 3.08. The number of fused-ring (bicyclic) bond motifs is 1. The molecular weight excluding hydrogens is 316 g/mol. The molecule has 3 N–H and O–H groups in total. The Morgan fingerprint density at radius 2 is 2.22 bits per heavy atom. The number of aromatic nitrogens is 4. The fourth-order valence-electron chi connectivity index (χ4n) is 2.01. The Labute approximate surface area is 135 Å². The molecule has 0 saturated carbocycles. The van der Waals surface area contributed by atoms with Crippen LogP contribution in [0.5, 0.6) is 0 Å². The molecule has 0 atom stereocenters. The van der Waals surface area contributed by atoms with Crippen molar-refractivity contribution in [1.82, 2.24) is 19.9 Å². The lowest BCUT2D eigenvalue weighted by Crippen LogP contribution is -2.05. The summed E-state index contributed by atoms with van der Waals surface area (Å²) < 4.78 is 0. The van der Waals surface area contributed by atoms with Crippen LogP contribution in [0.2, 0.25) is 5.02 Å². The van der Waals surface area contributed by atoms with E-state index in [4.69, 9.17) is 22.6 Å². The number of rotatable bonds is 3. The Balaban J connectivity index is 2.09. The van der Waals surface area contributed by atoms with Crippen LogP contribution in [-0.2, 0) is 4.79 Å². The quantitative estimate of drug-likeness (QED) is 0.714. The van der Waals surface area contributed by atoms with E-state index in [1.165, 1.54) is 12.3 Å². The van der Waals surface area contributed by atoms with E-state index in [0.717, 1.165) is 0 Å². The molecule has 0 unspecified atom stereocenters. The third kappa shape index (κ3) is 2.88. The highest BCUT2D eigenvalue weighted by atomic mass is 35.5. The van der Waals surface area contributed by atoms with Crippen LogP contribution in [0.15, 0.2) is 30.7 Å². The first-order chi connectivity index (χ1) is 11.1. The third-order valence-corrected chi connectivity index (χ3v) is 3.37. The summed E-state index contributed by atoms with van der Waals surface area (Å²) >= 11 is 5.99. The van der Waals surface area contributed by atoms with Crippen molar-refractivity contribution in [3.63, 3.8) is 0 Å². The zero-order valence-electron chi connectivity index (χ0n) is 11.6. The zero-order chi connectivity index (χ0) is 16.4. The Morgan fingerprint density at radius 3 is 2.91 bits per heavy atom. The molecule has 3 aromatic heterocycles. The number of primary amides is 1. The van der Waals surface area contributed by atoms with Crippen LogP contribution in [0.3, 0.4) is 0 Å². The van der Waals surface area contributed by atoms with E-state index in [-0.39, 0.29) is 10.7 Å². The van der Waals surface area contributed by atoms with Crippen molar-refractivity contribution in [1.29, 1.82) is 5.26 Å². The molecule has 0 saturated heterocycles. The molecule has 112 valence electrons. The fraction of sp³-hybridized carbons (Fsp3) is 0. The van der Waals surface area contributed by atoms with Crippen molar-refractivity contribution in [2.45, 2.75) is 0 Å². The summed E-state index contributed by atoms with van der Waals surface area (Å²) in [6.07, 6.45) is 7.56. The largest absolute Gasteiger partial charge is 0.366 e. The predicted octanol–water partition coefficient (Wildman–Crippen LogP) is 2.04. The fourth-order valence-corrected chi connectivity index (χ4v) is 2.22. The van der Waals surface area contributed by atoms with Gasteiger partial charge in [-0.05, 0) is 12.1 Å². The van der Waals surface area contributed by atoms with Crippen LogP contribution in [-0.4, -0.2) is 25.8 Å². The van der Waals surface area contributed by atoms with Crippen molar-refractivity contribution in [2.24, 2.45) is 5.73 Å². The first-order valence-electron chi connectivity index (χ1n) is 6.46. The minimum atomic E-state index is -0.550. The van der Waals surface area contributed by atoms with Gasteiger partial charge in [-0.15, -0.1) is 0 Å². The number of halogens is 1. The van der Waals surface area contributed by atoms with Gasteiger partial charge in [0.05, 0.1) is 16.9 Å². The minimum absolute atomic E-state index is 0.149. The van der Waals surface area contributed by atoms with Crippen molar-refractivity contribution in [2.75, 3.05) is 0 Å². The lowest BCUT2D eigenvalue weighted by molar-refractivity contribution is -0.113. The van der Waals surface area contributed by atoms with E-state index in [1.54, 1.807) is 24.5 Å². The second-order valence-corrected chi connectivity index (χ2v) is 5.01. The summed E-state index contributed by atoms with van der Waals surface area (Å²) in [6, 6.07) is 3.50. The molecule has 0 radical (unpaired) electrons. The number of carbonyl (C=O) groups excluding carboxylic acids is 1. The van der Waals surface area contributed by atoms with Crippen LogP contribution in [0.1, 0.15) is 11.3 Å². The predicted molar refractivity (Wildman–Crippen MR) is 85.1 cm³/mol. The summed E-state index contributed by atoms with van der Waals surface area (Å²) in [5, 5.41) is 9.10. The second kappa shape index (κ2) is 5.87. The summed E-state index contributed by atoms with van der Waals surface area (Å²) in [5.74, 6) is -0.550. The summed E-state index contributed by atoms with van der Waals surface area (Å²) in [7, 11) is 0. The number of H-pyrrole nitrogens is 1. The Kier molecular flexibility index (Phi) is 3.75. The summed E-state index contributed by atoms with van der Waals surface area (Å²) in [5.41, 5.74) is 8.27. The monoisotopic (exact) mass is 324 g/mol. The maximum atomic E-state index is 10.9. The number of nitrogens with zero attached hydrogens (tertiary/aromatic N) is 4. The van der Waals surface area contributed by atoms with Gasteiger partial charge in [0.25, 0.3) is 0 Å². The summed E-state index contributed by atoms with van der Waals surface area (Å²) in [4.78, 5) is 26.6. The summed E-state index contributed by atoms with van der Waals surface area (Å²) in [6.45, 7) is 0. The number of carbonyl (C=O) groups is 1. The van der Waals surface area contributed by atoms with E-state index in [1.807, 2.05) is 6.07 Å². The van der Waals surface area contributed by atoms with Crippen molar-refractivity contribution < 1.29 is 4.79 Å². The van der Waals surface area contributed by atoms with Gasteiger partial charge in [-0.25, -0.2) is 15.0 Å². The molecular formula is C15H9ClN6O. The van der Waals surface area contributed by atoms with Gasteiger partial charge >= 0.3 is 0 Å². The molecule has 0 spiro atoms. The van der Waals surface area contributed by atoms with E-state index >= 15 is 0 Å². The normalized spacial score (nSPS) is 11.0. The molecule has 3 heterocycles. The molecule has 0 aliphatic heterocycles. The van der Waals surface area contributed by atoms with Crippen LogP contribution in [0.4, 0.5) is 0 Å². The van der Waals surface area contributed by atoms with Gasteiger partial charge in [0.2, 0.25) is 5.91 Å². The molecule has 7 nitrogen and oxygen atoms in total. The lowest BCUT2D eigenvalue weighted by atomic mass is 10.2. The van der Waals surface area contributed by atoms with Crippen molar-refractivity contribution >= 4 is 34.7 Å². The van der Waals surface area contributed by atoms with Crippen LogP contribution >= 0.6 is 11.6 Å². The second-order valence-electron chi connectivity index (χ2n) is 4.60. The maximum Gasteiger partial charge on any atom is 0.241 e. The highest BCUT2D eigenvalue weighted by Crippen LogP contribution is 2.24. The first-order valence-corrected chi connectivity index (χ1v) is 6.84. The number of amides is 1. The number of pyridine rings is 1. The Hall–Kier alpha value is -3.24. The van der Waals surface area contributed by atoms with Gasteiger partial charge in [0.1, 0.15) is 11.6 Å². The van der Waals surface area contributed by atoms with E-state index in [0.29, 0.717) is 28.0 Å². The van der Waals surface area contributed by atoms with Crippen LogP contribution in [0, 0.1) is 11.3 Å². The van der Waals surface area contributed by atoms with E-state index in [2.05, 4.69) is 19.9 Å². The highest BCUT2D eigenvalue weighted by molar-refractivity contribution is 6.31. The van der Waals surface area contributed by atoms with E-state index < -0.39 is 5.91 Å². The SMILES string of the molecule is N#Cc1ncc(-c2cnc3[nH]cc(/C=C/C(N)=O)c3n2)cc1Cl. The maximum absolute atomic E-state index is 10.9. The average molecular weight is 325 g/mol. The number of hydrogen-bond donors (Lipinski definition) is 2. The van der Waals surface area contributed by atoms with Gasteiger partial charge in [-0.3, -0.25) is 4.79 Å². The molecule has 3 rings (SSSR count). The zero-order valence-corrected chi connectivity index (χ0v) is 12.4. The molecule has 0 aromatic carbocycles. The van der Waals surface area contributed by atoms with Gasteiger partial charge in [0.15, 0.2) is 11.3 Å².